The first kappa shape index (κ1) is 15.8. The summed E-state index contributed by atoms with van der Waals surface area (Å²) in [6.45, 7) is 3.70. The summed E-state index contributed by atoms with van der Waals surface area (Å²) in [5.41, 5.74) is -0.903. The highest BCUT2D eigenvalue weighted by molar-refractivity contribution is 8.23. The third-order valence-corrected chi connectivity index (χ3v) is 4.55. The molecule has 0 saturated heterocycles. The van der Waals surface area contributed by atoms with Gasteiger partial charge < -0.3 is 5.11 Å². The van der Waals surface area contributed by atoms with E-state index in [4.69, 9.17) is 22.6 Å². The molecule has 2 atom stereocenters. The van der Waals surface area contributed by atoms with Gasteiger partial charge in [-0.1, -0.05) is 19.1 Å². The Balaban J connectivity index is 4.60. The lowest BCUT2D eigenvalue weighted by molar-refractivity contribution is -0.136. The number of hydrogen-bond donors (Lipinski definition) is 2. The van der Waals surface area contributed by atoms with Gasteiger partial charge in [-0.05, 0) is 25.5 Å². The quantitative estimate of drug-likeness (QED) is 0.577. The van der Waals surface area contributed by atoms with Crippen molar-refractivity contribution in [3.63, 3.8) is 0 Å². The van der Waals surface area contributed by atoms with Crippen LogP contribution < -0.4 is 0 Å². The van der Waals surface area contributed by atoms with E-state index in [1.165, 1.54) is 11.8 Å². The van der Waals surface area contributed by atoms with E-state index in [1.807, 2.05) is 6.92 Å². The van der Waals surface area contributed by atoms with E-state index in [0.717, 1.165) is 12.2 Å². The van der Waals surface area contributed by atoms with E-state index in [0.29, 0.717) is 4.20 Å². The van der Waals surface area contributed by atoms with Crippen LogP contribution in [0.1, 0.15) is 26.7 Å². The van der Waals surface area contributed by atoms with E-state index >= 15 is 0 Å². The topological polar surface area (TPSA) is 61.1 Å². The maximum absolute atomic E-state index is 10.7. The highest BCUT2D eigenvalue weighted by Crippen LogP contribution is 2.32. The Hall–Kier alpha value is -0.250. The second-order valence-electron chi connectivity index (χ2n) is 3.64. The van der Waals surface area contributed by atoms with Crippen molar-refractivity contribution in [2.24, 2.45) is 5.41 Å². The van der Waals surface area contributed by atoms with Crippen molar-refractivity contribution >= 4 is 46.8 Å². The summed E-state index contributed by atoms with van der Waals surface area (Å²) in [6.07, 6.45) is 1.10. The Morgan fingerprint density at radius 2 is 2.31 bits per heavy atom. The van der Waals surface area contributed by atoms with Crippen molar-refractivity contribution in [1.29, 1.82) is 5.26 Å². The second kappa shape index (κ2) is 7.15. The van der Waals surface area contributed by atoms with E-state index in [-0.39, 0.29) is 6.42 Å². The number of nitriles is 1. The molecule has 0 rings (SSSR count). The zero-order chi connectivity index (χ0) is 12.8. The number of carboxylic acids is 1. The van der Waals surface area contributed by atoms with Crippen molar-refractivity contribution in [1.82, 2.24) is 0 Å². The molecular formula is C10H15NO2S3. The summed E-state index contributed by atoms with van der Waals surface area (Å²) >= 11 is 10.6. The van der Waals surface area contributed by atoms with Crippen LogP contribution in [0, 0.1) is 16.7 Å². The predicted molar refractivity (Wildman–Crippen MR) is 74.1 cm³/mol. The van der Waals surface area contributed by atoms with Gasteiger partial charge in [-0.2, -0.15) is 17.9 Å². The van der Waals surface area contributed by atoms with Gasteiger partial charge in [0.15, 0.2) is 0 Å². The molecule has 0 aromatic carbocycles. The number of nitrogens with zero attached hydrogens (tertiary/aromatic N) is 1. The number of hydrogen-bond acceptors (Lipinski definition) is 5. The molecule has 0 aliphatic carbocycles. The minimum Gasteiger partial charge on any atom is -0.480 e. The Bertz CT molecular complexity index is 314. The first-order chi connectivity index (χ1) is 7.37. The maximum Gasteiger partial charge on any atom is 0.316 e. The minimum atomic E-state index is -1.02. The number of thiocarbonyl (C=S) groups is 1. The molecule has 0 heterocycles. The molecule has 0 bridgehead atoms. The van der Waals surface area contributed by atoms with Gasteiger partial charge in [0.1, 0.15) is 5.25 Å². The van der Waals surface area contributed by atoms with Crippen molar-refractivity contribution in [3.05, 3.63) is 0 Å². The average Bonchev–Trinajstić information content (AvgIpc) is 2.25. The van der Waals surface area contributed by atoms with Crippen LogP contribution in [0.4, 0.5) is 0 Å². The lowest BCUT2D eigenvalue weighted by Gasteiger charge is -2.23. The minimum absolute atomic E-state index is 0.136. The van der Waals surface area contributed by atoms with Crippen LogP contribution in [0.25, 0.3) is 0 Å². The lowest BCUT2D eigenvalue weighted by Crippen LogP contribution is -2.29. The fraction of sp³-hybridized carbons (Fsp3) is 0.700. The zero-order valence-electron chi connectivity index (χ0n) is 9.27. The van der Waals surface area contributed by atoms with Gasteiger partial charge in [-0.25, -0.2) is 0 Å². The van der Waals surface area contributed by atoms with Crippen molar-refractivity contribution < 1.29 is 9.90 Å². The largest absolute Gasteiger partial charge is 0.480 e. The standard InChI is InChI=1S/C10H15NO2S3/c1-3-4-16-9(15)10(2,6-11)5-7(14)8(12)13/h7,14H,3-5H2,1-2H3,(H,12,13). The molecule has 0 aromatic heterocycles. The molecule has 0 fully saturated rings. The molecule has 0 spiro atoms. The number of rotatable bonds is 6. The number of thioether (sulfide) groups is 1. The van der Waals surface area contributed by atoms with Crippen LogP contribution in [0.3, 0.4) is 0 Å². The predicted octanol–water partition coefficient (Wildman–Crippen LogP) is 2.76. The zero-order valence-corrected chi connectivity index (χ0v) is 11.8. The van der Waals surface area contributed by atoms with Crippen molar-refractivity contribution in [3.8, 4) is 6.07 Å². The Labute approximate surface area is 111 Å². The van der Waals surface area contributed by atoms with Gasteiger partial charge in [0, 0.05) is 0 Å². The number of carboxylic acid groups (broad SMARTS) is 1. The second-order valence-corrected chi connectivity index (χ2v) is 6.03. The summed E-state index contributed by atoms with van der Waals surface area (Å²) in [4.78, 5) is 10.7. The fourth-order valence-electron chi connectivity index (χ4n) is 1.00. The maximum atomic E-state index is 10.7. The van der Waals surface area contributed by atoms with Crippen LogP contribution >= 0.6 is 36.6 Å². The van der Waals surface area contributed by atoms with Gasteiger partial charge in [0.2, 0.25) is 0 Å². The molecule has 0 radical (unpaired) electrons. The number of aliphatic carboxylic acids is 1. The molecule has 0 aliphatic rings. The molecule has 6 heteroatoms. The monoisotopic (exact) mass is 277 g/mol. The van der Waals surface area contributed by atoms with Gasteiger partial charge in [0.05, 0.1) is 15.7 Å². The third-order valence-electron chi connectivity index (χ3n) is 2.02. The van der Waals surface area contributed by atoms with Gasteiger partial charge in [-0.15, -0.1) is 11.8 Å². The molecule has 0 amide bonds. The molecule has 0 aliphatic heterocycles. The van der Waals surface area contributed by atoms with Crippen molar-refractivity contribution in [2.45, 2.75) is 31.9 Å². The van der Waals surface area contributed by atoms with Crippen LogP contribution in [0.15, 0.2) is 0 Å². The summed E-state index contributed by atoms with van der Waals surface area (Å²) in [7, 11) is 0. The highest BCUT2D eigenvalue weighted by Gasteiger charge is 2.34. The smallest absolute Gasteiger partial charge is 0.316 e. The Morgan fingerprint density at radius 1 is 1.75 bits per heavy atom. The highest BCUT2D eigenvalue weighted by atomic mass is 32.2. The molecule has 2 unspecified atom stereocenters. The van der Waals surface area contributed by atoms with Crippen LogP contribution in [-0.4, -0.2) is 26.3 Å². The summed E-state index contributed by atoms with van der Waals surface area (Å²) < 4.78 is 0.553. The van der Waals surface area contributed by atoms with Gasteiger partial charge >= 0.3 is 5.97 Å². The third kappa shape index (κ3) is 4.73. The van der Waals surface area contributed by atoms with E-state index in [9.17, 15) is 4.79 Å². The molecule has 0 saturated carbocycles. The van der Waals surface area contributed by atoms with Crippen LogP contribution in [-0.2, 0) is 4.79 Å². The van der Waals surface area contributed by atoms with E-state index < -0.39 is 16.6 Å². The summed E-state index contributed by atoms with van der Waals surface area (Å²) in [5, 5.41) is 17.0. The number of thiol groups is 1. The number of carbonyl (C=O) groups is 1. The molecule has 0 aromatic rings. The molecule has 1 N–H and O–H groups in total. The molecule has 3 nitrogen and oxygen atoms in total. The first-order valence-electron chi connectivity index (χ1n) is 4.86. The van der Waals surface area contributed by atoms with E-state index in [1.54, 1.807) is 6.92 Å². The first-order valence-corrected chi connectivity index (χ1v) is 6.77. The van der Waals surface area contributed by atoms with Gasteiger partial charge in [0.25, 0.3) is 0 Å². The SMILES string of the molecule is CCCSC(=S)C(C)(C#N)CC(S)C(=O)O. The molecule has 16 heavy (non-hydrogen) atoms. The molecular weight excluding hydrogens is 262 g/mol. The van der Waals surface area contributed by atoms with Gasteiger partial charge in [-0.3, -0.25) is 4.79 Å². The Kier molecular flexibility index (Phi) is 7.04. The van der Waals surface area contributed by atoms with Crippen molar-refractivity contribution in [2.75, 3.05) is 5.75 Å². The summed E-state index contributed by atoms with van der Waals surface area (Å²) in [5.74, 6) is -0.173. The van der Waals surface area contributed by atoms with Crippen LogP contribution in [0.5, 0.6) is 0 Å². The fourth-order valence-corrected chi connectivity index (χ4v) is 2.58. The lowest BCUT2D eigenvalue weighted by atomic mass is 9.89. The average molecular weight is 277 g/mol. The normalized spacial score (nSPS) is 15.9. The summed E-state index contributed by atoms with van der Waals surface area (Å²) in [6, 6.07) is 2.10. The van der Waals surface area contributed by atoms with E-state index in [2.05, 4.69) is 18.7 Å². The molecule has 90 valence electrons. The Morgan fingerprint density at radius 3 is 2.69 bits per heavy atom. The van der Waals surface area contributed by atoms with Crippen LogP contribution in [0.2, 0.25) is 0 Å².